The lowest BCUT2D eigenvalue weighted by molar-refractivity contribution is 0.350. The summed E-state index contributed by atoms with van der Waals surface area (Å²) in [6.07, 6.45) is 1.82. The van der Waals surface area contributed by atoms with E-state index in [1.54, 1.807) is 0 Å². The molecule has 0 saturated heterocycles. The normalized spacial score (nSPS) is 18.0. The van der Waals surface area contributed by atoms with E-state index in [1.165, 1.54) is 16.7 Å². The van der Waals surface area contributed by atoms with E-state index in [9.17, 15) is 0 Å². The summed E-state index contributed by atoms with van der Waals surface area (Å²) in [5.41, 5.74) is 6.40. The number of hydrogen-bond donors (Lipinski definition) is 2. The third-order valence-corrected chi connectivity index (χ3v) is 6.73. The SMILES string of the molecule is CCn1nc(-c2ccccn2)c2c1N[C@H](C)CS[C@@H]2c1ccc(C#CCO)cc1C. The zero-order valence-electron chi connectivity index (χ0n) is 17.5. The van der Waals surface area contributed by atoms with Crippen molar-refractivity contribution in [2.45, 2.75) is 38.6 Å². The molecular formula is C24H26N4OS. The first kappa shape index (κ1) is 20.5. The molecule has 0 amide bonds. The van der Waals surface area contributed by atoms with Crippen molar-refractivity contribution in [3.63, 3.8) is 0 Å². The fourth-order valence-corrected chi connectivity index (χ4v) is 5.23. The zero-order chi connectivity index (χ0) is 21.1. The first-order valence-corrected chi connectivity index (χ1v) is 11.3. The van der Waals surface area contributed by atoms with E-state index >= 15 is 0 Å². The van der Waals surface area contributed by atoms with Crippen LogP contribution in [0.3, 0.4) is 0 Å². The van der Waals surface area contributed by atoms with Gasteiger partial charge in [-0.1, -0.05) is 24.0 Å². The first-order chi connectivity index (χ1) is 14.6. The van der Waals surface area contributed by atoms with Crippen LogP contribution in [0.15, 0.2) is 42.6 Å². The van der Waals surface area contributed by atoms with Crippen molar-refractivity contribution < 1.29 is 5.11 Å². The molecule has 3 aromatic rings. The molecule has 0 saturated carbocycles. The molecule has 4 rings (SSSR count). The summed E-state index contributed by atoms with van der Waals surface area (Å²) in [7, 11) is 0. The highest BCUT2D eigenvalue weighted by molar-refractivity contribution is 7.99. The maximum Gasteiger partial charge on any atom is 0.129 e. The molecule has 6 heteroatoms. The molecule has 1 aliphatic heterocycles. The standard InChI is InChI=1S/C24H26N4OS/c1-4-28-24-21(22(27-28)20-9-5-6-12-25-20)23(30-15-17(3)26-24)19-11-10-18(8-7-13-29)14-16(19)2/h5-6,9-12,14,17,23,26,29H,4,13,15H2,1-3H3/t17-,23-/m1/s1. The van der Waals surface area contributed by atoms with E-state index < -0.39 is 0 Å². The topological polar surface area (TPSA) is 63.0 Å². The second kappa shape index (κ2) is 8.95. The molecule has 3 heterocycles. The maximum atomic E-state index is 8.99. The van der Waals surface area contributed by atoms with Crippen molar-refractivity contribution in [1.82, 2.24) is 14.8 Å². The largest absolute Gasteiger partial charge is 0.384 e. The number of aliphatic hydroxyl groups excluding tert-OH is 1. The van der Waals surface area contributed by atoms with Crippen LogP contribution in [0, 0.1) is 18.8 Å². The maximum absolute atomic E-state index is 8.99. The minimum atomic E-state index is -0.129. The number of fused-ring (bicyclic) bond motifs is 1. The quantitative estimate of drug-likeness (QED) is 0.623. The van der Waals surface area contributed by atoms with E-state index in [-0.39, 0.29) is 11.9 Å². The number of thioether (sulfide) groups is 1. The molecule has 1 aromatic carbocycles. The van der Waals surface area contributed by atoms with Gasteiger partial charge >= 0.3 is 0 Å². The Kier molecular flexibility index (Phi) is 6.12. The van der Waals surface area contributed by atoms with Crippen molar-refractivity contribution in [3.05, 3.63) is 64.8 Å². The number of aliphatic hydroxyl groups is 1. The lowest BCUT2D eigenvalue weighted by Crippen LogP contribution is -2.19. The van der Waals surface area contributed by atoms with Crippen LogP contribution in [0.1, 0.15) is 41.4 Å². The van der Waals surface area contributed by atoms with E-state index in [0.29, 0.717) is 6.04 Å². The molecule has 0 radical (unpaired) electrons. The lowest BCUT2D eigenvalue weighted by Gasteiger charge is -2.19. The molecule has 154 valence electrons. The van der Waals surface area contributed by atoms with E-state index in [1.807, 2.05) is 42.2 Å². The summed E-state index contributed by atoms with van der Waals surface area (Å²) in [4.78, 5) is 4.60. The third-order valence-electron chi connectivity index (χ3n) is 5.22. The highest BCUT2D eigenvalue weighted by Gasteiger charge is 2.32. The summed E-state index contributed by atoms with van der Waals surface area (Å²) in [5, 5.41) is 17.8. The van der Waals surface area contributed by atoms with Gasteiger partial charge in [0, 0.05) is 35.7 Å². The van der Waals surface area contributed by atoms with Gasteiger partial charge in [-0.25, -0.2) is 4.68 Å². The Morgan fingerprint density at radius 1 is 1.30 bits per heavy atom. The van der Waals surface area contributed by atoms with Gasteiger partial charge in [0.15, 0.2) is 0 Å². The molecule has 30 heavy (non-hydrogen) atoms. The monoisotopic (exact) mass is 418 g/mol. The van der Waals surface area contributed by atoms with Gasteiger partial charge in [0.25, 0.3) is 0 Å². The summed E-state index contributed by atoms with van der Waals surface area (Å²) in [6, 6.07) is 12.6. The number of aromatic nitrogens is 3. The second-order valence-corrected chi connectivity index (χ2v) is 8.57. The molecule has 0 unspecified atom stereocenters. The summed E-state index contributed by atoms with van der Waals surface area (Å²) >= 11 is 1.94. The third kappa shape index (κ3) is 3.96. The summed E-state index contributed by atoms with van der Waals surface area (Å²) < 4.78 is 2.06. The lowest BCUT2D eigenvalue weighted by atomic mass is 9.96. The molecule has 0 aliphatic carbocycles. The van der Waals surface area contributed by atoms with E-state index in [4.69, 9.17) is 10.2 Å². The molecule has 0 fully saturated rings. The van der Waals surface area contributed by atoms with Crippen molar-refractivity contribution in [2.75, 3.05) is 17.7 Å². The first-order valence-electron chi connectivity index (χ1n) is 10.2. The number of hydrogen-bond acceptors (Lipinski definition) is 5. The van der Waals surface area contributed by atoms with E-state index in [0.717, 1.165) is 35.1 Å². The van der Waals surface area contributed by atoms with Crippen molar-refractivity contribution >= 4 is 17.6 Å². The van der Waals surface area contributed by atoms with Crippen LogP contribution in [-0.2, 0) is 6.54 Å². The van der Waals surface area contributed by atoms with Crippen LogP contribution < -0.4 is 5.32 Å². The molecular weight excluding hydrogens is 392 g/mol. The van der Waals surface area contributed by atoms with Gasteiger partial charge < -0.3 is 10.4 Å². The van der Waals surface area contributed by atoms with Crippen LogP contribution in [0.4, 0.5) is 5.82 Å². The Bertz CT molecular complexity index is 1100. The van der Waals surface area contributed by atoms with Gasteiger partial charge in [-0.05, 0) is 56.2 Å². The Hall–Kier alpha value is -2.75. The van der Waals surface area contributed by atoms with Crippen LogP contribution in [0.25, 0.3) is 11.4 Å². The minimum Gasteiger partial charge on any atom is -0.384 e. The van der Waals surface area contributed by atoms with Crippen LogP contribution in [-0.4, -0.2) is 38.3 Å². The van der Waals surface area contributed by atoms with Crippen LogP contribution in [0.5, 0.6) is 0 Å². The van der Waals surface area contributed by atoms with Gasteiger partial charge in [0.05, 0.1) is 10.9 Å². The Balaban J connectivity index is 1.89. The number of aryl methyl sites for hydroxylation is 2. The number of pyridine rings is 1. The van der Waals surface area contributed by atoms with Crippen LogP contribution in [0.2, 0.25) is 0 Å². The number of anilines is 1. The smallest absolute Gasteiger partial charge is 0.129 e. The molecule has 0 bridgehead atoms. The van der Waals surface area contributed by atoms with Gasteiger partial charge in [-0.15, -0.1) is 11.8 Å². The molecule has 0 spiro atoms. The average Bonchev–Trinajstić information content (AvgIpc) is 3.03. The average molecular weight is 419 g/mol. The number of nitrogens with zero attached hydrogens (tertiary/aromatic N) is 3. The van der Waals surface area contributed by atoms with Crippen molar-refractivity contribution in [1.29, 1.82) is 0 Å². The highest BCUT2D eigenvalue weighted by Crippen LogP contribution is 2.47. The highest BCUT2D eigenvalue weighted by atomic mass is 32.2. The molecule has 1 aliphatic rings. The number of benzene rings is 1. The molecule has 2 N–H and O–H groups in total. The molecule has 2 aromatic heterocycles. The zero-order valence-corrected chi connectivity index (χ0v) is 18.3. The fraction of sp³-hybridized carbons (Fsp3) is 0.333. The van der Waals surface area contributed by atoms with Crippen molar-refractivity contribution in [3.8, 4) is 23.2 Å². The van der Waals surface area contributed by atoms with Gasteiger partial charge in [0.2, 0.25) is 0 Å². The minimum absolute atomic E-state index is 0.129. The summed E-state index contributed by atoms with van der Waals surface area (Å²) in [6.45, 7) is 7.13. The predicted octanol–water partition coefficient (Wildman–Crippen LogP) is 4.25. The van der Waals surface area contributed by atoms with Gasteiger partial charge in [-0.2, -0.15) is 5.10 Å². The van der Waals surface area contributed by atoms with E-state index in [2.05, 4.69) is 59.7 Å². The van der Waals surface area contributed by atoms with Gasteiger partial charge in [0.1, 0.15) is 18.1 Å². The Morgan fingerprint density at radius 3 is 2.87 bits per heavy atom. The molecule has 2 atom stereocenters. The Labute approximate surface area is 181 Å². The predicted molar refractivity (Wildman–Crippen MR) is 124 cm³/mol. The summed E-state index contributed by atoms with van der Waals surface area (Å²) in [5.74, 6) is 7.82. The fourth-order valence-electron chi connectivity index (χ4n) is 3.83. The number of rotatable bonds is 3. The van der Waals surface area contributed by atoms with Gasteiger partial charge in [-0.3, -0.25) is 4.98 Å². The molecule has 5 nitrogen and oxygen atoms in total. The van der Waals surface area contributed by atoms with Crippen LogP contribution >= 0.6 is 11.8 Å². The Morgan fingerprint density at radius 2 is 2.17 bits per heavy atom. The number of nitrogens with one attached hydrogen (secondary N) is 1. The second-order valence-electron chi connectivity index (χ2n) is 7.43. The van der Waals surface area contributed by atoms with Crippen molar-refractivity contribution in [2.24, 2.45) is 0 Å².